The van der Waals surface area contributed by atoms with Gasteiger partial charge in [0, 0.05) is 37.2 Å². The number of rotatable bonds is 4. The first-order chi connectivity index (χ1) is 13.8. The van der Waals surface area contributed by atoms with E-state index in [0.717, 1.165) is 5.52 Å². The Kier molecular flexibility index (Phi) is 4.98. The smallest absolute Gasteiger partial charge is 0.337 e. The van der Waals surface area contributed by atoms with E-state index < -0.39 is 11.5 Å². The Hall–Kier alpha value is -2.61. The third-order valence-electron chi connectivity index (χ3n) is 5.22. The average Bonchev–Trinajstić information content (AvgIpc) is 3.31. The number of nitrogens with zero attached hydrogens (tertiary/aromatic N) is 2. The monoisotopic (exact) mass is 433 g/mol. The number of ether oxygens (including phenoxy) is 1. The fraction of sp³-hybridized carbons (Fsp3) is 0.250. The topological polar surface area (TPSA) is 93.5 Å². The summed E-state index contributed by atoms with van der Waals surface area (Å²) in [5, 5.41) is 13.6. The maximum atomic E-state index is 13.2. The second-order valence-corrected chi connectivity index (χ2v) is 7.74. The second kappa shape index (κ2) is 7.33. The van der Waals surface area contributed by atoms with Crippen LogP contribution in [0.25, 0.3) is 10.9 Å². The number of halogens is 2. The lowest BCUT2D eigenvalue weighted by Crippen LogP contribution is -2.47. The van der Waals surface area contributed by atoms with Crippen LogP contribution in [0.2, 0.25) is 10.0 Å². The van der Waals surface area contributed by atoms with Crippen LogP contribution in [-0.2, 0) is 17.3 Å². The van der Waals surface area contributed by atoms with Crippen LogP contribution in [0.3, 0.4) is 0 Å². The molecule has 0 bridgehead atoms. The van der Waals surface area contributed by atoms with Crippen LogP contribution in [0, 0.1) is 0 Å². The molecular formula is C20H17Cl2N3O4. The molecular weight excluding hydrogens is 417 g/mol. The zero-order valence-corrected chi connectivity index (χ0v) is 16.9. The summed E-state index contributed by atoms with van der Waals surface area (Å²) in [5.74, 6) is -1.37. The van der Waals surface area contributed by atoms with E-state index in [-0.39, 0.29) is 18.1 Å². The summed E-state index contributed by atoms with van der Waals surface area (Å²) in [6.07, 6.45) is 1.80. The van der Waals surface area contributed by atoms with Gasteiger partial charge in [-0.3, -0.25) is 9.78 Å². The summed E-state index contributed by atoms with van der Waals surface area (Å²) in [4.78, 5) is 28.5. The number of hydrogen-bond donors (Lipinski definition) is 2. The van der Waals surface area contributed by atoms with Crippen molar-refractivity contribution >= 4 is 46.0 Å². The lowest BCUT2D eigenvalue weighted by atomic mass is 9.93. The quantitative estimate of drug-likeness (QED) is 0.654. The predicted octanol–water partition coefficient (Wildman–Crippen LogP) is 3.62. The van der Waals surface area contributed by atoms with Crippen LogP contribution in [-0.4, -0.2) is 39.7 Å². The second-order valence-electron chi connectivity index (χ2n) is 6.96. The molecule has 1 amide bonds. The molecule has 29 heavy (non-hydrogen) atoms. The average molecular weight is 434 g/mol. The summed E-state index contributed by atoms with van der Waals surface area (Å²) < 4.78 is 7.28. The van der Waals surface area contributed by atoms with Gasteiger partial charge in [0.25, 0.3) is 5.91 Å². The standard InChI is InChI=1S/C20H17Cl2N3O4/c1-25-14-4-3-13(21)17(22)12(14)8-15(25)18(26)24-20(6-7-29-10-20)16-5-2-11(9-23-16)19(27)28/h2-5,8-9H,6-7,10H2,1H3,(H,24,26)(H,27,28). The van der Waals surface area contributed by atoms with Gasteiger partial charge in [0.15, 0.2) is 0 Å². The highest BCUT2D eigenvalue weighted by atomic mass is 35.5. The summed E-state index contributed by atoms with van der Waals surface area (Å²) in [6, 6.07) is 8.27. The molecule has 1 unspecified atom stereocenters. The number of aryl methyl sites for hydroxylation is 1. The molecule has 1 saturated heterocycles. The van der Waals surface area contributed by atoms with Gasteiger partial charge in [0.2, 0.25) is 0 Å². The highest BCUT2D eigenvalue weighted by molar-refractivity contribution is 6.45. The molecule has 3 heterocycles. The molecule has 0 spiro atoms. The van der Waals surface area contributed by atoms with Gasteiger partial charge in [-0.15, -0.1) is 0 Å². The molecule has 4 rings (SSSR count). The number of fused-ring (bicyclic) bond motifs is 1. The molecule has 9 heteroatoms. The van der Waals surface area contributed by atoms with Gasteiger partial charge in [-0.2, -0.15) is 0 Å². The summed E-state index contributed by atoms with van der Waals surface area (Å²) >= 11 is 12.4. The Morgan fingerprint density at radius 3 is 2.69 bits per heavy atom. The highest BCUT2D eigenvalue weighted by Crippen LogP contribution is 2.34. The van der Waals surface area contributed by atoms with E-state index in [9.17, 15) is 9.59 Å². The molecule has 2 N–H and O–H groups in total. The van der Waals surface area contributed by atoms with Crippen molar-refractivity contribution in [2.24, 2.45) is 7.05 Å². The minimum atomic E-state index is -1.06. The van der Waals surface area contributed by atoms with E-state index in [2.05, 4.69) is 10.3 Å². The van der Waals surface area contributed by atoms with Crippen LogP contribution < -0.4 is 5.32 Å². The van der Waals surface area contributed by atoms with Crippen LogP contribution in [0.15, 0.2) is 36.5 Å². The van der Waals surface area contributed by atoms with Gasteiger partial charge in [-0.1, -0.05) is 23.2 Å². The third-order valence-corrected chi connectivity index (χ3v) is 6.04. The number of pyridine rings is 1. The molecule has 0 aliphatic carbocycles. The molecule has 2 aromatic heterocycles. The van der Waals surface area contributed by atoms with Crippen molar-refractivity contribution in [3.8, 4) is 0 Å². The van der Waals surface area contributed by atoms with Crippen molar-refractivity contribution in [1.29, 1.82) is 0 Å². The van der Waals surface area contributed by atoms with E-state index in [0.29, 0.717) is 39.8 Å². The van der Waals surface area contributed by atoms with E-state index in [1.54, 1.807) is 35.9 Å². The van der Waals surface area contributed by atoms with Crippen molar-refractivity contribution in [1.82, 2.24) is 14.9 Å². The number of carboxylic acid groups (broad SMARTS) is 1. The number of benzene rings is 1. The van der Waals surface area contributed by atoms with Gasteiger partial charge in [-0.25, -0.2) is 4.79 Å². The van der Waals surface area contributed by atoms with Crippen LogP contribution in [0.4, 0.5) is 0 Å². The molecule has 1 aliphatic rings. The lowest BCUT2D eigenvalue weighted by molar-refractivity contribution is 0.0695. The van der Waals surface area contributed by atoms with Crippen molar-refractivity contribution in [2.75, 3.05) is 13.2 Å². The van der Waals surface area contributed by atoms with E-state index >= 15 is 0 Å². The highest BCUT2D eigenvalue weighted by Gasteiger charge is 2.40. The lowest BCUT2D eigenvalue weighted by Gasteiger charge is -2.28. The Labute approximate surface area is 176 Å². The largest absolute Gasteiger partial charge is 0.478 e. The Balaban J connectivity index is 1.70. The predicted molar refractivity (Wildman–Crippen MR) is 109 cm³/mol. The van der Waals surface area contributed by atoms with Gasteiger partial charge < -0.3 is 19.7 Å². The molecule has 1 aromatic carbocycles. The summed E-state index contributed by atoms with van der Waals surface area (Å²) in [6.45, 7) is 0.702. The Bertz CT molecular complexity index is 1120. The molecule has 1 atom stereocenters. The van der Waals surface area contributed by atoms with E-state index in [1.165, 1.54) is 12.3 Å². The van der Waals surface area contributed by atoms with E-state index in [1.807, 2.05) is 0 Å². The number of carbonyl (C=O) groups excluding carboxylic acids is 1. The molecule has 150 valence electrons. The summed E-state index contributed by atoms with van der Waals surface area (Å²) in [5.41, 5.74) is 0.983. The van der Waals surface area contributed by atoms with Crippen LogP contribution >= 0.6 is 23.2 Å². The van der Waals surface area contributed by atoms with Crippen molar-refractivity contribution in [3.05, 3.63) is 63.5 Å². The minimum Gasteiger partial charge on any atom is -0.478 e. The molecule has 7 nitrogen and oxygen atoms in total. The number of nitrogens with one attached hydrogen (secondary N) is 1. The van der Waals surface area contributed by atoms with Crippen molar-refractivity contribution < 1.29 is 19.4 Å². The molecule has 0 radical (unpaired) electrons. The normalized spacial score (nSPS) is 18.9. The minimum absolute atomic E-state index is 0.0781. The fourth-order valence-corrected chi connectivity index (χ4v) is 3.96. The number of aromatic carboxylic acids is 1. The Morgan fingerprint density at radius 2 is 2.07 bits per heavy atom. The van der Waals surface area contributed by atoms with Crippen molar-refractivity contribution in [2.45, 2.75) is 12.0 Å². The maximum absolute atomic E-state index is 13.2. The van der Waals surface area contributed by atoms with E-state index in [4.69, 9.17) is 33.0 Å². The molecule has 0 saturated carbocycles. The SMILES string of the molecule is Cn1c(C(=O)NC2(c3ccc(C(=O)O)cn3)CCOC2)cc2c(Cl)c(Cl)ccc21. The summed E-state index contributed by atoms with van der Waals surface area (Å²) in [7, 11) is 1.78. The van der Waals surface area contributed by atoms with Gasteiger partial charge >= 0.3 is 5.97 Å². The number of amides is 1. The zero-order chi connectivity index (χ0) is 20.8. The van der Waals surface area contributed by atoms with Crippen LogP contribution in [0.1, 0.15) is 33.0 Å². The zero-order valence-electron chi connectivity index (χ0n) is 15.4. The van der Waals surface area contributed by atoms with Crippen molar-refractivity contribution in [3.63, 3.8) is 0 Å². The van der Waals surface area contributed by atoms with Crippen LogP contribution in [0.5, 0.6) is 0 Å². The number of carboxylic acids is 1. The third kappa shape index (κ3) is 3.35. The first-order valence-electron chi connectivity index (χ1n) is 8.86. The number of carbonyl (C=O) groups is 2. The number of hydrogen-bond acceptors (Lipinski definition) is 4. The fourth-order valence-electron chi connectivity index (χ4n) is 3.58. The maximum Gasteiger partial charge on any atom is 0.337 e. The molecule has 1 aliphatic heterocycles. The first kappa shape index (κ1) is 19.7. The first-order valence-corrected chi connectivity index (χ1v) is 9.61. The molecule has 3 aromatic rings. The van der Waals surface area contributed by atoms with Gasteiger partial charge in [0.05, 0.1) is 27.9 Å². The molecule has 1 fully saturated rings. The number of aromatic nitrogens is 2. The van der Waals surface area contributed by atoms with Gasteiger partial charge in [-0.05, 0) is 30.3 Å². The Morgan fingerprint density at radius 1 is 1.28 bits per heavy atom. The van der Waals surface area contributed by atoms with Gasteiger partial charge in [0.1, 0.15) is 11.2 Å².